The van der Waals surface area contributed by atoms with Crippen LogP contribution in [-0.4, -0.2) is 17.3 Å². The summed E-state index contributed by atoms with van der Waals surface area (Å²) in [7, 11) is 0. The second-order valence-corrected chi connectivity index (χ2v) is 4.00. The first-order valence-corrected chi connectivity index (χ1v) is 5.32. The molecule has 1 aliphatic carbocycles. The van der Waals surface area contributed by atoms with Crippen molar-refractivity contribution < 1.29 is 14.4 Å². The van der Waals surface area contributed by atoms with Gasteiger partial charge in [-0.2, -0.15) is 0 Å². The number of hydrogen-bond donors (Lipinski definition) is 0. The van der Waals surface area contributed by atoms with Crippen LogP contribution in [0.5, 0.6) is 0 Å². The highest BCUT2D eigenvalue weighted by atomic mass is 16.2. The second kappa shape index (κ2) is 4.39. The molecule has 2 rings (SSSR count). The second-order valence-electron chi connectivity index (χ2n) is 4.00. The molecule has 1 fully saturated rings. The number of carbonyl (C=O) groups is 3. The molecule has 1 atom stereocenters. The predicted molar refractivity (Wildman–Crippen MR) is 58.1 cm³/mol. The molecule has 82 valence electrons. The Hall–Kier alpha value is -1.77. The lowest BCUT2D eigenvalue weighted by Crippen LogP contribution is -2.31. The molecule has 0 heterocycles. The third-order valence-corrected chi connectivity index (χ3v) is 2.85. The zero-order valence-corrected chi connectivity index (χ0v) is 8.81. The van der Waals surface area contributed by atoms with Crippen LogP contribution in [0.15, 0.2) is 30.3 Å². The van der Waals surface area contributed by atoms with E-state index in [-0.39, 0.29) is 23.8 Å². The third-order valence-electron chi connectivity index (χ3n) is 2.85. The molecule has 0 bridgehead atoms. The summed E-state index contributed by atoms with van der Waals surface area (Å²) < 4.78 is 0. The maximum absolute atomic E-state index is 12.0. The van der Waals surface area contributed by atoms with Crippen molar-refractivity contribution in [3.05, 3.63) is 35.9 Å². The number of benzene rings is 1. The first-order chi connectivity index (χ1) is 7.68. The largest absolute Gasteiger partial charge is 0.299 e. The summed E-state index contributed by atoms with van der Waals surface area (Å²) >= 11 is 0. The van der Waals surface area contributed by atoms with Crippen LogP contribution in [0.4, 0.5) is 0 Å². The van der Waals surface area contributed by atoms with Crippen molar-refractivity contribution in [1.29, 1.82) is 0 Å². The van der Waals surface area contributed by atoms with Crippen LogP contribution in [0, 0.1) is 5.92 Å². The maximum Gasteiger partial charge on any atom is 0.173 e. The van der Waals surface area contributed by atoms with Crippen LogP contribution in [-0.2, 0) is 9.59 Å². The fourth-order valence-corrected chi connectivity index (χ4v) is 1.95. The Morgan fingerprint density at radius 1 is 1.12 bits per heavy atom. The smallest absolute Gasteiger partial charge is 0.173 e. The third kappa shape index (κ3) is 2.08. The van der Waals surface area contributed by atoms with Gasteiger partial charge in [-0.1, -0.05) is 30.3 Å². The lowest BCUT2D eigenvalue weighted by atomic mass is 9.82. The van der Waals surface area contributed by atoms with Crippen molar-refractivity contribution in [2.24, 2.45) is 5.92 Å². The van der Waals surface area contributed by atoms with Crippen molar-refractivity contribution in [1.82, 2.24) is 0 Å². The van der Waals surface area contributed by atoms with Gasteiger partial charge in [-0.15, -0.1) is 0 Å². The Labute approximate surface area is 93.5 Å². The van der Waals surface area contributed by atoms with E-state index in [1.54, 1.807) is 24.3 Å². The van der Waals surface area contributed by atoms with Gasteiger partial charge in [-0.25, -0.2) is 0 Å². The van der Waals surface area contributed by atoms with E-state index in [9.17, 15) is 14.4 Å². The van der Waals surface area contributed by atoms with E-state index in [0.29, 0.717) is 18.4 Å². The topological polar surface area (TPSA) is 51.2 Å². The van der Waals surface area contributed by atoms with Crippen LogP contribution >= 0.6 is 0 Å². The van der Waals surface area contributed by atoms with Gasteiger partial charge in [-0.3, -0.25) is 14.4 Å². The van der Waals surface area contributed by atoms with Crippen LogP contribution in [0.3, 0.4) is 0 Å². The molecule has 0 aromatic heterocycles. The molecule has 0 saturated heterocycles. The molecule has 0 aliphatic heterocycles. The summed E-state index contributed by atoms with van der Waals surface area (Å²) in [5, 5.41) is 0. The normalized spacial score (nSPS) is 20.9. The minimum absolute atomic E-state index is 0.0536. The standard InChI is InChI=1S/C13H12O3/c14-10-6-7-11(12(15)8-10)13(16)9-4-2-1-3-5-9/h1-5,11H,6-8H2. The molecule has 0 N–H and O–H groups in total. The fraction of sp³-hybridized carbons (Fsp3) is 0.308. The number of Topliss-reactive ketones (excluding diaryl/α,β-unsaturated/α-hetero) is 3. The SMILES string of the molecule is O=C1CCC(C(=O)c2ccccc2)C(=O)C1. The van der Waals surface area contributed by atoms with Crippen molar-refractivity contribution in [2.45, 2.75) is 19.3 Å². The van der Waals surface area contributed by atoms with Crippen molar-refractivity contribution >= 4 is 17.3 Å². The summed E-state index contributed by atoms with van der Waals surface area (Å²) in [5.74, 6) is -1.05. The van der Waals surface area contributed by atoms with Crippen LogP contribution < -0.4 is 0 Å². The summed E-state index contributed by atoms with van der Waals surface area (Å²) in [6.45, 7) is 0. The molecule has 0 spiro atoms. The Morgan fingerprint density at radius 2 is 1.81 bits per heavy atom. The Balaban J connectivity index is 2.17. The zero-order chi connectivity index (χ0) is 11.5. The summed E-state index contributed by atoms with van der Waals surface area (Å²) in [4.78, 5) is 34.6. The molecule has 16 heavy (non-hydrogen) atoms. The van der Waals surface area contributed by atoms with Crippen LogP contribution in [0.1, 0.15) is 29.6 Å². The van der Waals surface area contributed by atoms with Gasteiger partial charge in [0.05, 0.1) is 12.3 Å². The average molecular weight is 216 g/mol. The van der Waals surface area contributed by atoms with Gasteiger partial charge >= 0.3 is 0 Å². The molecule has 1 aromatic carbocycles. The van der Waals surface area contributed by atoms with Crippen molar-refractivity contribution in [3.63, 3.8) is 0 Å². The first kappa shape index (κ1) is 10.7. The summed E-state index contributed by atoms with van der Waals surface area (Å²) in [6, 6.07) is 8.76. The zero-order valence-electron chi connectivity index (χ0n) is 8.81. The summed E-state index contributed by atoms with van der Waals surface area (Å²) in [5.41, 5.74) is 0.551. The quantitative estimate of drug-likeness (QED) is 0.559. The lowest BCUT2D eigenvalue weighted by molar-refractivity contribution is -0.131. The van der Waals surface area contributed by atoms with Gasteiger partial charge in [0.2, 0.25) is 0 Å². The number of hydrogen-bond acceptors (Lipinski definition) is 3. The van der Waals surface area contributed by atoms with Gasteiger partial charge in [0.25, 0.3) is 0 Å². The first-order valence-electron chi connectivity index (χ1n) is 5.32. The van der Waals surface area contributed by atoms with Crippen LogP contribution in [0.2, 0.25) is 0 Å². The van der Waals surface area contributed by atoms with Crippen LogP contribution in [0.25, 0.3) is 0 Å². The fourth-order valence-electron chi connectivity index (χ4n) is 1.95. The van der Waals surface area contributed by atoms with Gasteiger partial charge in [0, 0.05) is 12.0 Å². The molecule has 1 aromatic rings. The highest BCUT2D eigenvalue weighted by Crippen LogP contribution is 2.22. The molecular formula is C13H12O3. The average Bonchev–Trinajstić information content (AvgIpc) is 2.29. The maximum atomic E-state index is 12.0. The summed E-state index contributed by atoms with van der Waals surface area (Å²) in [6.07, 6.45) is 0.629. The van der Waals surface area contributed by atoms with Gasteiger partial charge in [0.1, 0.15) is 5.78 Å². The number of carbonyl (C=O) groups excluding carboxylic acids is 3. The van der Waals surface area contributed by atoms with Gasteiger partial charge < -0.3 is 0 Å². The molecule has 0 amide bonds. The van der Waals surface area contributed by atoms with E-state index in [2.05, 4.69) is 0 Å². The number of rotatable bonds is 2. The number of ketones is 3. The molecule has 3 nitrogen and oxygen atoms in total. The van der Waals surface area contributed by atoms with E-state index in [1.165, 1.54) is 0 Å². The minimum Gasteiger partial charge on any atom is -0.299 e. The predicted octanol–water partition coefficient (Wildman–Crippen LogP) is 1.81. The van der Waals surface area contributed by atoms with E-state index >= 15 is 0 Å². The van der Waals surface area contributed by atoms with E-state index < -0.39 is 5.92 Å². The Bertz CT molecular complexity index is 434. The van der Waals surface area contributed by atoms with Crippen molar-refractivity contribution in [3.8, 4) is 0 Å². The van der Waals surface area contributed by atoms with Crippen molar-refractivity contribution in [2.75, 3.05) is 0 Å². The van der Waals surface area contributed by atoms with E-state index in [0.717, 1.165) is 0 Å². The molecule has 1 saturated carbocycles. The monoisotopic (exact) mass is 216 g/mol. The molecule has 3 heteroatoms. The molecular weight excluding hydrogens is 204 g/mol. The molecule has 0 radical (unpaired) electrons. The highest BCUT2D eigenvalue weighted by Gasteiger charge is 2.32. The Kier molecular flexibility index (Phi) is 2.95. The lowest BCUT2D eigenvalue weighted by Gasteiger charge is -2.18. The highest BCUT2D eigenvalue weighted by molar-refractivity contribution is 6.16. The molecule has 1 aliphatic rings. The van der Waals surface area contributed by atoms with Gasteiger partial charge in [0.15, 0.2) is 11.6 Å². The van der Waals surface area contributed by atoms with E-state index in [4.69, 9.17) is 0 Å². The Morgan fingerprint density at radius 3 is 2.44 bits per heavy atom. The molecule has 1 unspecified atom stereocenters. The van der Waals surface area contributed by atoms with Gasteiger partial charge in [-0.05, 0) is 6.42 Å². The minimum atomic E-state index is -0.611. The van der Waals surface area contributed by atoms with E-state index in [1.807, 2.05) is 6.07 Å².